The van der Waals surface area contributed by atoms with Crippen molar-refractivity contribution in [3.63, 3.8) is 0 Å². The lowest BCUT2D eigenvalue weighted by molar-refractivity contribution is -0.137. The van der Waals surface area contributed by atoms with Crippen molar-refractivity contribution in [1.29, 1.82) is 0 Å². The van der Waals surface area contributed by atoms with Crippen molar-refractivity contribution in [2.24, 2.45) is 5.92 Å². The van der Waals surface area contributed by atoms with E-state index in [1.54, 1.807) is 0 Å². The Morgan fingerprint density at radius 1 is 1.04 bits per heavy atom. The van der Waals surface area contributed by atoms with Crippen LogP contribution in [0.4, 0.5) is 5.82 Å². The Hall–Kier alpha value is -2.62. The molecule has 1 aliphatic carbocycles. The SMILES string of the molecule is O=C([C@@H]1CCCN(c2ccccn2)C1)N1CCC2(C=Cc3ccccc32)CC1. The molecule has 144 valence electrons. The number of carbonyl (C=O) groups is 1. The number of allylic oxidation sites excluding steroid dienone is 1. The highest BCUT2D eigenvalue weighted by Gasteiger charge is 2.40. The zero-order valence-corrected chi connectivity index (χ0v) is 16.3. The molecule has 3 aliphatic rings. The molecule has 2 aromatic rings. The summed E-state index contributed by atoms with van der Waals surface area (Å²) >= 11 is 0. The third-order valence-electron chi connectivity index (χ3n) is 6.79. The van der Waals surface area contributed by atoms with Crippen LogP contribution in [0.2, 0.25) is 0 Å². The Kier molecular flexibility index (Phi) is 4.42. The van der Waals surface area contributed by atoms with E-state index in [4.69, 9.17) is 0 Å². The third kappa shape index (κ3) is 3.01. The molecular weight excluding hydrogens is 346 g/mol. The molecule has 4 heteroatoms. The summed E-state index contributed by atoms with van der Waals surface area (Å²) < 4.78 is 0. The maximum atomic E-state index is 13.2. The minimum Gasteiger partial charge on any atom is -0.356 e. The van der Waals surface area contributed by atoms with E-state index in [0.717, 1.165) is 57.7 Å². The van der Waals surface area contributed by atoms with Crippen LogP contribution < -0.4 is 4.90 Å². The molecule has 28 heavy (non-hydrogen) atoms. The smallest absolute Gasteiger partial charge is 0.227 e. The number of nitrogens with zero attached hydrogens (tertiary/aromatic N) is 3. The standard InChI is InChI=1S/C24H27N3O/c28-23(20-7-5-15-27(18-20)22-9-3-4-14-25-22)26-16-12-24(13-17-26)11-10-19-6-1-2-8-21(19)24/h1-4,6,8-11,14,20H,5,7,12-13,15-18H2/t20-/m1/s1. The summed E-state index contributed by atoms with van der Waals surface area (Å²) in [6.07, 6.45) is 10.6. The Labute approximate surface area is 166 Å². The predicted molar refractivity (Wildman–Crippen MR) is 112 cm³/mol. The summed E-state index contributed by atoms with van der Waals surface area (Å²) in [6.45, 7) is 3.50. The van der Waals surface area contributed by atoms with Crippen LogP contribution in [0.5, 0.6) is 0 Å². The fraction of sp³-hybridized carbons (Fsp3) is 0.417. The number of hydrogen-bond donors (Lipinski definition) is 0. The molecule has 0 saturated carbocycles. The number of likely N-dealkylation sites (tertiary alicyclic amines) is 1. The number of piperidine rings is 2. The van der Waals surface area contributed by atoms with Gasteiger partial charge in [-0.15, -0.1) is 0 Å². The second kappa shape index (κ2) is 7.08. The number of rotatable bonds is 2. The van der Waals surface area contributed by atoms with Gasteiger partial charge in [0.15, 0.2) is 0 Å². The molecule has 0 radical (unpaired) electrons. The highest BCUT2D eigenvalue weighted by Crippen LogP contribution is 2.43. The lowest BCUT2D eigenvalue weighted by Gasteiger charge is -2.42. The molecule has 2 fully saturated rings. The molecule has 1 spiro atoms. The molecular formula is C24H27N3O. The summed E-state index contributed by atoms with van der Waals surface area (Å²) in [5.74, 6) is 1.42. The van der Waals surface area contributed by atoms with E-state index >= 15 is 0 Å². The zero-order valence-electron chi connectivity index (χ0n) is 16.3. The minimum absolute atomic E-state index is 0.0937. The summed E-state index contributed by atoms with van der Waals surface area (Å²) in [5.41, 5.74) is 2.93. The van der Waals surface area contributed by atoms with Gasteiger partial charge in [0.1, 0.15) is 5.82 Å². The van der Waals surface area contributed by atoms with Crippen molar-refractivity contribution in [3.05, 3.63) is 65.9 Å². The van der Waals surface area contributed by atoms with E-state index in [2.05, 4.69) is 51.2 Å². The molecule has 0 unspecified atom stereocenters. The number of fused-ring (bicyclic) bond motifs is 2. The third-order valence-corrected chi connectivity index (χ3v) is 6.79. The molecule has 1 atom stereocenters. The van der Waals surface area contributed by atoms with Crippen LogP contribution in [0.3, 0.4) is 0 Å². The minimum atomic E-state index is 0.0937. The average molecular weight is 374 g/mol. The van der Waals surface area contributed by atoms with E-state index in [1.165, 1.54) is 11.1 Å². The molecule has 1 aromatic heterocycles. The van der Waals surface area contributed by atoms with Gasteiger partial charge in [0.25, 0.3) is 0 Å². The van der Waals surface area contributed by atoms with Crippen LogP contribution in [0.1, 0.15) is 36.8 Å². The van der Waals surface area contributed by atoms with Gasteiger partial charge in [-0.05, 0) is 48.9 Å². The van der Waals surface area contributed by atoms with Crippen LogP contribution >= 0.6 is 0 Å². The first-order valence-electron chi connectivity index (χ1n) is 10.5. The van der Waals surface area contributed by atoms with Gasteiger partial charge in [-0.1, -0.05) is 42.5 Å². The van der Waals surface area contributed by atoms with Crippen LogP contribution in [0, 0.1) is 5.92 Å². The monoisotopic (exact) mass is 373 g/mol. The van der Waals surface area contributed by atoms with Gasteiger partial charge in [0, 0.05) is 37.8 Å². The van der Waals surface area contributed by atoms with Gasteiger partial charge < -0.3 is 9.80 Å². The number of benzene rings is 1. The lowest BCUT2D eigenvalue weighted by Crippen LogP contribution is -2.49. The van der Waals surface area contributed by atoms with E-state index < -0.39 is 0 Å². The quantitative estimate of drug-likeness (QED) is 0.801. The Morgan fingerprint density at radius 3 is 2.68 bits per heavy atom. The number of pyridine rings is 1. The van der Waals surface area contributed by atoms with Crippen LogP contribution in [0.15, 0.2) is 54.7 Å². The second-order valence-corrected chi connectivity index (χ2v) is 8.38. The molecule has 0 bridgehead atoms. The molecule has 2 aliphatic heterocycles. The van der Waals surface area contributed by atoms with Crippen molar-refractivity contribution in [2.45, 2.75) is 31.1 Å². The van der Waals surface area contributed by atoms with E-state index in [-0.39, 0.29) is 11.3 Å². The first-order chi connectivity index (χ1) is 13.8. The number of carbonyl (C=O) groups excluding carboxylic acids is 1. The van der Waals surface area contributed by atoms with Gasteiger partial charge in [0.05, 0.1) is 5.92 Å². The number of hydrogen-bond acceptors (Lipinski definition) is 3. The first kappa shape index (κ1) is 17.5. The van der Waals surface area contributed by atoms with Crippen LogP contribution in [-0.4, -0.2) is 42.0 Å². The number of anilines is 1. The van der Waals surface area contributed by atoms with E-state index in [9.17, 15) is 4.79 Å². The second-order valence-electron chi connectivity index (χ2n) is 8.38. The zero-order chi connectivity index (χ0) is 19.0. The van der Waals surface area contributed by atoms with Gasteiger partial charge in [0.2, 0.25) is 5.91 Å². The molecule has 0 N–H and O–H groups in total. The summed E-state index contributed by atoms with van der Waals surface area (Å²) in [6, 6.07) is 14.7. The van der Waals surface area contributed by atoms with E-state index in [0.29, 0.717) is 5.91 Å². The Morgan fingerprint density at radius 2 is 1.86 bits per heavy atom. The number of aromatic nitrogens is 1. The summed E-state index contributed by atoms with van der Waals surface area (Å²) in [7, 11) is 0. The van der Waals surface area contributed by atoms with E-state index in [1.807, 2.05) is 24.4 Å². The molecule has 2 saturated heterocycles. The van der Waals surface area contributed by atoms with Gasteiger partial charge in [-0.3, -0.25) is 4.79 Å². The van der Waals surface area contributed by atoms with Crippen molar-refractivity contribution in [2.75, 3.05) is 31.1 Å². The summed E-state index contributed by atoms with van der Waals surface area (Å²) in [5, 5.41) is 0. The van der Waals surface area contributed by atoms with Crippen molar-refractivity contribution < 1.29 is 4.79 Å². The molecule has 1 amide bonds. The average Bonchev–Trinajstić information content (AvgIpc) is 3.13. The topological polar surface area (TPSA) is 36.4 Å². The summed E-state index contributed by atoms with van der Waals surface area (Å²) in [4.78, 5) is 22.1. The molecule has 4 nitrogen and oxygen atoms in total. The molecule has 3 heterocycles. The van der Waals surface area contributed by atoms with Crippen LogP contribution in [0.25, 0.3) is 6.08 Å². The van der Waals surface area contributed by atoms with Crippen molar-refractivity contribution >= 4 is 17.8 Å². The maximum absolute atomic E-state index is 13.2. The van der Waals surface area contributed by atoms with Gasteiger partial charge >= 0.3 is 0 Å². The Balaban J connectivity index is 1.25. The normalized spacial score (nSPS) is 23.1. The van der Waals surface area contributed by atoms with Crippen molar-refractivity contribution in [3.8, 4) is 0 Å². The highest BCUT2D eigenvalue weighted by atomic mass is 16.2. The lowest BCUT2D eigenvalue weighted by atomic mass is 9.74. The van der Waals surface area contributed by atoms with Gasteiger partial charge in [-0.25, -0.2) is 4.98 Å². The predicted octanol–water partition coefficient (Wildman–Crippen LogP) is 3.89. The molecule has 5 rings (SSSR count). The first-order valence-corrected chi connectivity index (χ1v) is 10.5. The fourth-order valence-corrected chi connectivity index (χ4v) is 5.18. The highest BCUT2D eigenvalue weighted by molar-refractivity contribution is 5.80. The maximum Gasteiger partial charge on any atom is 0.227 e. The fourth-order valence-electron chi connectivity index (χ4n) is 5.18. The Bertz CT molecular complexity index is 884. The van der Waals surface area contributed by atoms with Gasteiger partial charge in [-0.2, -0.15) is 0 Å². The van der Waals surface area contributed by atoms with Crippen LogP contribution in [-0.2, 0) is 10.2 Å². The molecule has 1 aromatic carbocycles. The largest absolute Gasteiger partial charge is 0.356 e. The number of amides is 1. The van der Waals surface area contributed by atoms with Crippen molar-refractivity contribution in [1.82, 2.24) is 9.88 Å².